The predicted octanol–water partition coefficient (Wildman–Crippen LogP) is 0.648. The van der Waals surface area contributed by atoms with Gasteiger partial charge >= 0.3 is 0 Å². The van der Waals surface area contributed by atoms with Crippen LogP contribution in [0.1, 0.15) is 23.8 Å². The van der Waals surface area contributed by atoms with Gasteiger partial charge in [0.05, 0.1) is 12.6 Å². The van der Waals surface area contributed by atoms with Gasteiger partial charge in [0.15, 0.2) is 0 Å². The molecule has 0 fully saturated rings. The lowest BCUT2D eigenvalue weighted by Crippen LogP contribution is -2.37. The van der Waals surface area contributed by atoms with Crippen molar-refractivity contribution < 1.29 is 9.90 Å². The van der Waals surface area contributed by atoms with Gasteiger partial charge in [-0.3, -0.25) is 9.78 Å². The molecular weight excluding hydrogens is 218 g/mol. The molecule has 5 nitrogen and oxygen atoms in total. The summed E-state index contributed by atoms with van der Waals surface area (Å²) in [4.78, 5) is 17.8. The first kappa shape index (κ1) is 13.4. The Hall–Kier alpha value is -1.62. The molecule has 2 N–H and O–H groups in total. The second-order valence-corrected chi connectivity index (χ2v) is 4.05. The Morgan fingerprint density at radius 2 is 2.29 bits per heavy atom. The molecule has 17 heavy (non-hydrogen) atoms. The SMILES string of the molecule is CC[C@H](CO)NC(=O)c1cc(N(C)C)ccn1. The fraction of sp³-hybridized carbons (Fsp3) is 0.500. The van der Waals surface area contributed by atoms with Crippen LogP contribution in [-0.4, -0.2) is 42.7 Å². The molecule has 0 spiro atoms. The number of pyridine rings is 1. The van der Waals surface area contributed by atoms with Crippen LogP contribution in [0.2, 0.25) is 0 Å². The van der Waals surface area contributed by atoms with Crippen molar-refractivity contribution in [2.24, 2.45) is 0 Å². The number of amides is 1. The molecule has 1 heterocycles. The van der Waals surface area contributed by atoms with E-state index in [9.17, 15) is 4.79 Å². The van der Waals surface area contributed by atoms with Crippen molar-refractivity contribution in [2.45, 2.75) is 19.4 Å². The molecule has 0 aliphatic carbocycles. The van der Waals surface area contributed by atoms with Gasteiger partial charge in [0.2, 0.25) is 0 Å². The number of nitrogens with zero attached hydrogens (tertiary/aromatic N) is 2. The minimum atomic E-state index is -0.255. The number of nitrogens with one attached hydrogen (secondary N) is 1. The molecule has 94 valence electrons. The zero-order valence-corrected chi connectivity index (χ0v) is 10.5. The van der Waals surface area contributed by atoms with Gasteiger partial charge in [-0.25, -0.2) is 0 Å². The fourth-order valence-electron chi connectivity index (χ4n) is 1.36. The topological polar surface area (TPSA) is 65.5 Å². The molecule has 0 bridgehead atoms. The summed E-state index contributed by atoms with van der Waals surface area (Å²) in [5.41, 5.74) is 1.28. The van der Waals surface area contributed by atoms with E-state index in [0.717, 1.165) is 5.69 Å². The van der Waals surface area contributed by atoms with E-state index in [1.807, 2.05) is 32.0 Å². The van der Waals surface area contributed by atoms with E-state index in [-0.39, 0.29) is 18.6 Å². The number of carbonyl (C=O) groups excluding carboxylic acids is 1. The predicted molar refractivity (Wildman–Crippen MR) is 67.2 cm³/mol. The Balaban J connectivity index is 2.78. The Labute approximate surface area is 101 Å². The fourth-order valence-corrected chi connectivity index (χ4v) is 1.36. The van der Waals surface area contributed by atoms with Crippen molar-refractivity contribution >= 4 is 11.6 Å². The second kappa shape index (κ2) is 6.20. The smallest absolute Gasteiger partial charge is 0.270 e. The molecule has 1 atom stereocenters. The Morgan fingerprint density at radius 1 is 1.59 bits per heavy atom. The van der Waals surface area contributed by atoms with Crippen molar-refractivity contribution in [1.82, 2.24) is 10.3 Å². The van der Waals surface area contributed by atoms with Gasteiger partial charge in [0.1, 0.15) is 5.69 Å². The molecule has 0 radical (unpaired) electrons. The van der Waals surface area contributed by atoms with Crippen LogP contribution in [0.25, 0.3) is 0 Å². The van der Waals surface area contributed by atoms with Crippen LogP contribution < -0.4 is 10.2 Å². The number of rotatable bonds is 5. The van der Waals surface area contributed by atoms with Gasteiger partial charge in [0.25, 0.3) is 5.91 Å². The van der Waals surface area contributed by atoms with Crippen LogP contribution in [0.15, 0.2) is 18.3 Å². The first-order valence-corrected chi connectivity index (χ1v) is 5.63. The zero-order chi connectivity index (χ0) is 12.8. The molecule has 1 rings (SSSR count). The third-order valence-corrected chi connectivity index (χ3v) is 2.54. The lowest BCUT2D eigenvalue weighted by molar-refractivity contribution is 0.0910. The van der Waals surface area contributed by atoms with Gasteiger partial charge in [-0.15, -0.1) is 0 Å². The number of anilines is 1. The molecular formula is C12H19N3O2. The van der Waals surface area contributed by atoms with Gasteiger partial charge < -0.3 is 15.3 Å². The van der Waals surface area contributed by atoms with Gasteiger partial charge in [-0.05, 0) is 18.6 Å². The summed E-state index contributed by atoms with van der Waals surface area (Å²) in [6.07, 6.45) is 2.29. The molecule has 1 aromatic rings. The van der Waals surface area contributed by atoms with Gasteiger partial charge in [-0.2, -0.15) is 0 Å². The Kier molecular flexibility index (Phi) is 4.90. The normalized spacial score (nSPS) is 12.0. The summed E-state index contributed by atoms with van der Waals surface area (Å²) in [6.45, 7) is 1.85. The molecule has 0 unspecified atom stereocenters. The number of carbonyl (C=O) groups is 1. The number of hydrogen-bond acceptors (Lipinski definition) is 4. The maximum absolute atomic E-state index is 11.8. The van der Waals surface area contributed by atoms with Crippen LogP contribution >= 0.6 is 0 Å². The molecule has 5 heteroatoms. The first-order chi connectivity index (χ1) is 8.08. The maximum Gasteiger partial charge on any atom is 0.270 e. The van der Waals surface area contributed by atoms with Crippen molar-refractivity contribution in [3.8, 4) is 0 Å². The standard InChI is InChI=1S/C12H19N3O2/c1-4-9(8-16)14-12(17)11-7-10(15(2)3)5-6-13-11/h5-7,9,16H,4,8H2,1-3H3,(H,14,17)/t9-/m1/s1. The maximum atomic E-state index is 11.8. The van der Waals surface area contributed by atoms with Crippen molar-refractivity contribution in [3.63, 3.8) is 0 Å². The van der Waals surface area contributed by atoms with Crippen molar-refractivity contribution in [3.05, 3.63) is 24.0 Å². The van der Waals surface area contributed by atoms with Gasteiger partial charge in [-0.1, -0.05) is 6.92 Å². The van der Waals surface area contributed by atoms with Crippen LogP contribution in [-0.2, 0) is 0 Å². The third kappa shape index (κ3) is 3.71. The highest BCUT2D eigenvalue weighted by Gasteiger charge is 2.12. The summed E-state index contributed by atoms with van der Waals surface area (Å²) in [5, 5.41) is 11.8. The molecule has 0 saturated heterocycles. The molecule has 0 aliphatic heterocycles. The van der Waals surface area contributed by atoms with E-state index in [0.29, 0.717) is 12.1 Å². The monoisotopic (exact) mass is 237 g/mol. The number of aromatic nitrogens is 1. The number of hydrogen-bond donors (Lipinski definition) is 2. The lowest BCUT2D eigenvalue weighted by atomic mass is 10.2. The van der Waals surface area contributed by atoms with E-state index in [1.165, 1.54) is 0 Å². The highest BCUT2D eigenvalue weighted by atomic mass is 16.3. The number of aliphatic hydroxyl groups excluding tert-OH is 1. The highest BCUT2D eigenvalue weighted by Crippen LogP contribution is 2.11. The van der Waals surface area contributed by atoms with Crippen LogP contribution in [0.5, 0.6) is 0 Å². The second-order valence-electron chi connectivity index (χ2n) is 4.05. The summed E-state index contributed by atoms with van der Waals surface area (Å²) < 4.78 is 0. The van der Waals surface area contributed by atoms with E-state index in [2.05, 4.69) is 10.3 Å². The average Bonchev–Trinajstić information content (AvgIpc) is 2.35. The van der Waals surface area contributed by atoms with E-state index in [1.54, 1.807) is 12.3 Å². The Bertz CT molecular complexity index is 376. The van der Waals surface area contributed by atoms with Crippen molar-refractivity contribution in [1.29, 1.82) is 0 Å². The van der Waals surface area contributed by atoms with E-state index in [4.69, 9.17) is 5.11 Å². The average molecular weight is 237 g/mol. The largest absolute Gasteiger partial charge is 0.394 e. The van der Waals surface area contributed by atoms with Crippen LogP contribution in [0, 0.1) is 0 Å². The molecule has 0 aliphatic rings. The van der Waals surface area contributed by atoms with Crippen LogP contribution in [0.3, 0.4) is 0 Å². The first-order valence-electron chi connectivity index (χ1n) is 5.63. The highest BCUT2D eigenvalue weighted by molar-refractivity contribution is 5.93. The quantitative estimate of drug-likeness (QED) is 0.789. The minimum absolute atomic E-state index is 0.0599. The molecule has 0 aromatic carbocycles. The van der Waals surface area contributed by atoms with Gasteiger partial charge in [0, 0.05) is 26.0 Å². The van der Waals surface area contributed by atoms with Crippen molar-refractivity contribution in [2.75, 3.05) is 25.6 Å². The Morgan fingerprint density at radius 3 is 2.82 bits per heavy atom. The lowest BCUT2D eigenvalue weighted by Gasteiger charge is -2.15. The third-order valence-electron chi connectivity index (χ3n) is 2.54. The zero-order valence-electron chi connectivity index (χ0n) is 10.5. The summed E-state index contributed by atoms with van der Waals surface area (Å²) in [5.74, 6) is -0.255. The van der Waals surface area contributed by atoms with E-state index >= 15 is 0 Å². The minimum Gasteiger partial charge on any atom is -0.394 e. The summed E-state index contributed by atoms with van der Waals surface area (Å²) >= 11 is 0. The summed E-state index contributed by atoms with van der Waals surface area (Å²) in [7, 11) is 3.80. The number of aliphatic hydroxyl groups is 1. The molecule has 1 aromatic heterocycles. The molecule has 1 amide bonds. The summed E-state index contributed by atoms with van der Waals surface area (Å²) in [6, 6.07) is 3.34. The van der Waals surface area contributed by atoms with E-state index < -0.39 is 0 Å². The van der Waals surface area contributed by atoms with Crippen LogP contribution in [0.4, 0.5) is 5.69 Å². The molecule has 0 saturated carbocycles.